The molecule has 0 aromatic heterocycles. The number of nitrogens with one attached hydrogen (secondary N) is 1. The molecule has 1 unspecified atom stereocenters. The van der Waals surface area contributed by atoms with Crippen molar-refractivity contribution in [3.05, 3.63) is 57.7 Å². The first-order valence-corrected chi connectivity index (χ1v) is 11.9. The maximum atomic E-state index is 14.8. The highest BCUT2D eigenvalue weighted by Crippen LogP contribution is 2.41. The van der Waals surface area contributed by atoms with Crippen LogP contribution in [0.3, 0.4) is 0 Å². The molecule has 9 heteroatoms. The topological polar surface area (TPSA) is 108 Å². The largest absolute Gasteiger partial charge is 0.386 e. The van der Waals surface area contributed by atoms with Gasteiger partial charge in [0, 0.05) is 5.69 Å². The van der Waals surface area contributed by atoms with Gasteiger partial charge in [-0.15, -0.1) is 0 Å². The van der Waals surface area contributed by atoms with Crippen LogP contribution in [-0.4, -0.2) is 20.8 Å². The molecule has 5 N–H and O–H groups in total. The molecular formula is C22H27F2N3O3S. The van der Waals surface area contributed by atoms with Crippen LogP contribution in [0.15, 0.2) is 27.5 Å². The zero-order chi connectivity index (χ0) is 22.6. The van der Waals surface area contributed by atoms with Crippen molar-refractivity contribution < 1.29 is 23.2 Å². The lowest BCUT2D eigenvalue weighted by molar-refractivity contribution is 0.0781. The Kier molecular flexibility index (Phi) is 5.58. The van der Waals surface area contributed by atoms with E-state index >= 15 is 0 Å². The third kappa shape index (κ3) is 4.07. The Bertz CT molecular complexity index is 1130. The van der Waals surface area contributed by atoms with E-state index in [9.17, 15) is 23.2 Å². The van der Waals surface area contributed by atoms with Crippen molar-refractivity contribution in [2.45, 2.75) is 69.2 Å². The number of benzene rings is 2. The summed E-state index contributed by atoms with van der Waals surface area (Å²) in [5.74, 6) is -1.03. The van der Waals surface area contributed by atoms with Crippen LogP contribution >= 0.6 is 0 Å². The molecule has 0 saturated carbocycles. The average Bonchev–Trinajstić information content (AvgIpc) is 3.33. The first-order valence-electron chi connectivity index (χ1n) is 10.3. The van der Waals surface area contributed by atoms with E-state index in [4.69, 9.17) is 5.14 Å². The van der Waals surface area contributed by atoms with E-state index < -0.39 is 27.7 Å². The third-order valence-corrected chi connectivity index (χ3v) is 7.53. The highest BCUT2D eigenvalue weighted by Gasteiger charge is 2.30. The van der Waals surface area contributed by atoms with Crippen molar-refractivity contribution in [3.63, 3.8) is 0 Å². The standard InChI is InChI=1S/C22H27F2N3O3S/c1-22(2,29)12-9-10-18(17(23)11-12)31(25,30)27-21(28)26-20-15-7-3-5-13(15)19(24)14-6-4-8-16(14)20/h9-11,21,26,28-29H,3-8H2,1-2H3,(H2,25,27,30)/t21?,31-/m1/s1. The molecule has 0 saturated heterocycles. The van der Waals surface area contributed by atoms with Crippen LogP contribution in [0.25, 0.3) is 0 Å². The van der Waals surface area contributed by atoms with Crippen molar-refractivity contribution >= 4 is 15.6 Å². The van der Waals surface area contributed by atoms with Gasteiger partial charge in [0.2, 0.25) is 6.35 Å². The van der Waals surface area contributed by atoms with E-state index in [2.05, 4.69) is 9.68 Å². The lowest BCUT2D eigenvalue weighted by atomic mass is 9.98. The Labute approximate surface area is 180 Å². The lowest BCUT2D eigenvalue weighted by Crippen LogP contribution is -2.25. The zero-order valence-electron chi connectivity index (χ0n) is 17.5. The van der Waals surface area contributed by atoms with Gasteiger partial charge in [-0.25, -0.2) is 18.1 Å². The van der Waals surface area contributed by atoms with Crippen LogP contribution in [0.1, 0.15) is 54.5 Å². The van der Waals surface area contributed by atoms with Crippen LogP contribution in [0.5, 0.6) is 0 Å². The predicted octanol–water partition coefficient (Wildman–Crippen LogP) is 3.26. The Morgan fingerprint density at radius 3 is 2.16 bits per heavy atom. The zero-order valence-corrected chi connectivity index (χ0v) is 18.4. The molecule has 0 radical (unpaired) electrons. The number of aliphatic hydroxyl groups is 2. The SMILES string of the molecule is CC(C)(O)c1ccc([S@](N)(=O)=NC(O)Nc2c3c(c(F)c4c2CCC4)CCC3)c(F)c1. The molecule has 6 nitrogen and oxygen atoms in total. The van der Waals surface area contributed by atoms with E-state index in [1.165, 1.54) is 26.0 Å². The fraction of sp³-hybridized carbons (Fsp3) is 0.455. The van der Waals surface area contributed by atoms with Crippen LogP contribution in [0, 0.1) is 11.6 Å². The third-order valence-electron chi connectivity index (χ3n) is 6.05. The van der Waals surface area contributed by atoms with Crippen molar-refractivity contribution in [1.29, 1.82) is 0 Å². The highest BCUT2D eigenvalue weighted by atomic mass is 32.2. The Hall–Kier alpha value is -2.07. The summed E-state index contributed by atoms with van der Waals surface area (Å²) in [7, 11) is -3.78. The maximum Gasteiger partial charge on any atom is 0.233 e. The number of nitrogens with zero attached hydrogens (tertiary/aromatic N) is 1. The van der Waals surface area contributed by atoms with Crippen molar-refractivity contribution in [3.8, 4) is 0 Å². The number of nitrogens with two attached hydrogens (primary N) is 1. The quantitative estimate of drug-likeness (QED) is 0.523. The number of halogens is 2. The number of anilines is 1. The minimum atomic E-state index is -3.78. The second kappa shape index (κ2) is 7.81. The highest BCUT2D eigenvalue weighted by molar-refractivity contribution is 7.91. The van der Waals surface area contributed by atoms with Gasteiger partial charge in [0.15, 0.2) is 0 Å². The Morgan fingerprint density at radius 2 is 1.65 bits per heavy atom. The molecular weight excluding hydrogens is 424 g/mol. The van der Waals surface area contributed by atoms with E-state index in [1.54, 1.807) is 0 Å². The fourth-order valence-electron chi connectivity index (χ4n) is 4.54. The van der Waals surface area contributed by atoms with Crippen molar-refractivity contribution in [2.24, 2.45) is 9.50 Å². The molecule has 0 amide bonds. The molecule has 2 aromatic rings. The van der Waals surface area contributed by atoms with Gasteiger partial charge in [-0.2, -0.15) is 4.36 Å². The molecule has 0 fully saturated rings. The summed E-state index contributed by atoms with van der Waals surface area (Å²) < 4.78 is 46.1. The number of aliphatic hydroxyl groups excluding tert-OH is 1. The van der Waals surface area contributed by atoms with Gasteiger partial charge in [0.25, 0.3) is 0 Å². The smallest absolute Gasteiger partial charge is 0.233 e. The second-order valence-corrected chi connectivity index (χ2v) is 10.5. The summed E-state index contributed by atoms with van der Waals surface area (Å²) in [5, 5.41) is 29.2. The fourth-order valence-corrected chi connectivity index (χ4v) is 5.61. The number of rotatable bonds is 5. The normalized spacial score (nSPS) is 18.3. The van der Waals surface area contributed by atoms with Crippen LogP contribution in [-0.2, 0) is 41.2 Å². The minimum absolute atomic E-state index is 0.145. The summed E-state index contributed by atoms with van der Waals surface area (Å²) in [6, 6.07) is 3.67. The number of hydrogen-bond acceptors (Lipinski definition) is 5. The Balaban J connectivity index is 1.68. The molecule has 0 aliphatic heterocycles. The Morgan fingerprint density at radius 1 is 1.10 bits per heavy atom. The van der Waals surface area contributed by atoms with Gasteiger partial charge in [-0.3, -0.25) is 0 Å². The lowest BCUT2D eigenvalue weighted by Gasteiger charge is -2.20. The molecule has 2 atom stereocenters. The van der Waals surface area contributed by atoms with Gasteiger partial charge in [0.1, 0.15) is 21.5 Å². The second-order valence-electron chi connectivity index (χ2n) is 8.71. The van der Waals surface area contributed by atoms with E-state index in [-0.39, 0.29) is 10.7 Å². The molecule has 2 aromatic carbocycles. The van der Waals surface area contributed by atoms with Gasteiger partial charge < -0.3 is 15.5 Å². The van der Waals surface area contributed by atoms with E-state index in [1.807, 2.05) is 0 Å². The molecule has 4 rings (SSSR count). The maximum absolute atomic E-state index is 14.8. The number of fused-ring (bicyclic) bond motifs is 2. The number of hydrogen-bond donors (Lipinski definition) is 4. The van der Waals surface area contributed by atoms with Crippen LogP contribution in [0.2, 0.25) is 0 Å². The summed E-state index contributed by atoms with van der Waals surface area (Å²) in [6.45, 7) is 3.00. The van der Waals surface area contributed by atoms with Gasteiger partial charge in [-0.1, -0.05) is 6.07 Å². The summed E-state index contributed by atoms with van der Waals surface area (Å²) in [5.41, 5.74) is 2.60. The first kappa shape index (κ1) is 22.1. The monoisotopic (exact) mass is 451 g/mol. The molecule has 2 aliphatic carbocycles. The molecule has 2 aliphatic rings. The van der Waals surface area contributed by atoms with Crippen LogP contribution in [0.4, 0.5) is 14.5 Å². The summed E-state index contributed by atoms with van der Waals surface area (Å²) >= 11 is 0. The summed E-state index contributed by atoms with van der Waals surface area (Å²) in [6.07, 6.45) is 2.63. The van der Waals surface area contributed by atoms with Crippen molar-refractivity contribution in [1.82, 2.24) is 0 Å². The van der Waals surface area contributed by atoms with Crippen molar-refractivity contribution in [2.75, 3.05) is 5.32 Å². The van der Waals surface area contributed by atoms with Gasteiger partial charge >= 0.3 is 0 Å². The minimum Gasteiger partial charge on any atom is -0.386 e. The molecule has 0 heterocycles. The van der Waals surface area contributed by atoms with Crippen LogP contribution < -0.4 is 10.5 Å². The first-order chi connectivity index (χ1) is 14.5. The summed E-state index contributed by atoms with van der Waals surface area (Å²) in [4.78, 5) is -0.365. The van der Waals surface area contributed by atoms with E-state index in [0.717, 1.165) is 30.0 Å². The predicted molar refractivity (Wildman–Crippen MR) is 115 cm³/mol. The molecule has 0 spiro atoms. The molecule has 168 valence electrons. The van der Waals surface area contributed by atoms with Gasteiger partial charge in [-0.05, 0) is 92.3 Å². The molecule has 0 bridgehead atoms. The average molecular weight is 452 g/mol. The molecule has 31 heavy (non-hydrogen) atoms. The van der Waals surface area contributed by atoms with E-state index in [0.29, 0.717) is 48.1 Å². The van der Waals surface area contributed by atoms with Gasteiger partial charge in [0.05, 0.1) is 10.5 Å².